The summed E-state index contributed by atoms with van der Waals surface area (Å²) in [6, 6.07) is 0. The Kier molecular flexibility index (Phi) is 3.40. The van der Waals surface area contributed by atoms with Crippen LogP contribution in [0.4, 0.5) is 5.82 Å². The van der Waals surface area contributed by atoms with Gasteiger partial charge in [-0.15, -0.1) is 0 Å². The number of rotatable bonds is 4. The summed E-state index contributed by atoms with van der Waals surface area (Å²) in [5, 5.41) is 4.52. The van der Waals surface area contributed by atoms with Crippen molar-refractivity contribution in [3.8, 4) is 0 Å². The molecule has 2 rings (SSSR count). The van der Waals surface area contributed by atoms with Gasteiger partial charge in [-0.3, -0.25) is 0 Å². The summed E-state index contributed by atoms with van der Waals surface area (Å²) in [5.74, 6) is 0.853. The van der Waals surface area contributed by atoms with Crippen LogP contribution in [-0.2, 0) is 6.42 Å². The molecule has 2 aromatic heterocycles. The van der Waals surface area contributed by atoms with E-state index in [1.165, 1.54) is 18.1 Å². The van der Waals surface area contributed by atoms with Crippen molar-refractivity contribution in [2.75, 3.05) is 12.4 Å². The lowest BCUT2D eigenvalue weighted by atomic mass is 10.2. The van der Waals surface area contributed by atoms with Gasteiger partial charge in [-0.1, -0.05) is 6.92 Å². The van der Waals surface area contributed by atoms with E-state index in [1.807, 2.05) is 7.05 Å². The van der Waals surface area contributed by atoms with E-state index in [9.17, 15) is 0 Å². The molecule has 0 aromatic carbocycles. The van der Waals surface area contributed by atoms with Crippen LogP contribution in [0.5, 0.6) is 0 Å². The molecule has 2 aromatic rings. The van der Waals surface area contributed by atoms with Crippen LogP contribution in [0.3, 0.4) is 0 Å². The molecule has 0 unspecified atom stereocenters. The summed E-state index contributed by atoms with van der Waals surface area (Å²) < 4.78 is 5.18. The van der Waals surface area contributed by atoms with Crippen LogP contribution >= 0.6 is 11.8 Å². The zero-order valence-corrected chi connectivity index (χ0v) is 9.91. The van der Waals surface area contributed by atoms with Gasteiger partial charge in [-0.2, -0.15) is 0 Å². The highest BCUT2D eigenvalue weighted by molar-refractivity contribution is 7.99. The first kappa shape index (κ1) is 10.9. The van der Waals surface area contributed by atoms with Crippen molar-refractivity contribution in [1.29, 1.82) is 0 Å². The van der Waals surface area contributed by atoms with Crippen LogP contribution in [0.2, 0.25) is 0 Å². The van der Waals surface area contributed by atoms with E-state index < -0.39 is 0 Å². The van der Waals surface area contributed by atoms with Crippen LogP contribution in [0, 0.1) is 0 Å². The largest absolute Gasteiger partial charge is 0.440 e. The number of nitrogens with one attached hydrogen (secondary N) is 1. The van der Waals surface area contributed by atoms with Crippen molar-refractivity contribution in [2.24, 2.45) is 0 Å². The molecule has 0 saturated carbocycles. The minimum atomic E-state index is 0.593. The van der Waals surface area contributed by atoms with Crippen LogP contribution in [0.15, 0.2) is 33.5 Å². The first-order valence-corrected chi connectivity index (χ1v) is 5.75. The summed E-state index contributed by atoms with van der Waals surface area (Å²) >= 11 is 1.41. The van der Waals surface area contributed by atoms with Crippen molar-refractivity contribution >= 4 is 17.6 Å². The van der Waals surface area contributed by atoms with Gasteiger partial charge in [0.2, 0.25) is 0 Å². The van der Waals surface area contributed by atoms with Gasteiger partial charge >= 0.3 is 0 Å². The average Bonchev–Trinajstić information content (AvgIpc) is 2.81. The van der Waals surface area contributed by atoms with Gasteiger partial charge < -0.3 is 9.73 Å². The Morgan fingerprint density at radius 2 is 2.25 bits per heavy atom. The number of aromatic nitrogens is 3. The minimum Gasteiger partial charge on any atom is -0.440 e. The molecule has 0 saturated heterocycles. The fraction of sp³-hybridized carbons (Fsp3) is 0.300. The molecule has 0 aliphatic carbocycles. The monoisotopic (exact) mass is 236 g/mol. The van der Waals surface area contributed by atoms with Crippen molar-refractivity contribution in [2.45, 2.75) is 23.6 Å². The van der Waals surface area contributed by atoms with Gasteiger partial charge in [-0.25, -0.2) is 15.0 Å². The molecule has 6 heteroatoms. The van der Waals surface area contributed by atoms with E-state index in [0.29, 0.717) is 5.22 Å². The highest BCUT2D eigenvalue weighted by Gasteiger charge is 2.11. The van der Waals surface area contributed by atoms with Gasteiger partial charge in [0.1, 0.15) is 23.4 Å². The van der Waals surface area contributed by atoms with E-state index >= 15 is 0 Å². The van der Waals surface area contributed by atoms with Gasteiger partial charge in [0.05, 0.1) is 6.20 Å². The first-order valence-electron chi connectivity index (χ1n) is 4.94. The summed E-state index contributed by atoms with van der Waals surface area (Å²) in [7, 11) is 1.85. The predicted molar refractivity (Wildman–Crippen MR) is 61.6 cm³/mol. The summed E-state index contributed by atoms with van der Waals surface area (Å²) in [5.41, 5.74) is 1.08. The molecule has 16 heavy (non-hydrogen) atoms. The number of oxazole rings is 1. The fourth-order valence-corrected chi connectivity index (χ4v) is 2.21. The lowest BCUT2D eigenvalue weighted by Crippen LogP contribution is -2.01. The van der Waals surface area contributed by atoms with Crippen molar-refractivity contribution in [3.05, 3.63) is 24.4 Å². The SMILES string of the molecule is CCc1c(NC)ncnc1Sc1ncco1. The highest BCUT2D eigenvalue weighted by atomic mass is 32.2. The molecule has 0 aliphatic rings. The molecular formula is C10H12N4OS. The summed E-state index contributed by atoms with van der Waals surface area (Å²) in [6.07, 6.45) is 5.57. The predicted octanol–water partition coefficient (Wildman–Crippen LogP) is 2.22. The molecule has 1 N–H and O–H groups in total. The van der Waals surface area contributed by atoms with Gasteiger partial charge in [-0.05, 0) is 18.2 Å². The summed E-state index contributed by atoms with van der Waals surface area (Å²) in [4.78, 5) is 12.5. The maximum absolute atomic E-state index is 5.18. The van der Waals surface area contributed by atoms with Gasteiger partial charge in [0.15, 0.2) is 0 Å². The lowest BCUT2D eigenvalue weighted by molar-refractivity contribution is 0.454. The third-order valence-corrected chi connectivity index (χ3v) is 3.01. The molecule has 0 bridgehead atoms. The third-order valence-electron chi connectivity index (χ3n) is 2.09. The van der Waals surface area contributed by atoms with E-state index in [4.69, 9.17) is 4.42 Å². The molecule has 0 aliphatic heterocycles. The Labute approximate surface area is 97.7 Å². The maximum Gasteiger partial charge on any atom is 0.261 e. The smallest absolute Gasteiger partial charge is 0.261 e. The maximum atomic E-state index is 5.18. The fourth-order valence-electron chi connectivity index (χ4n) is 1.36. The second kappa shape index (κ2) is 4.98. The second-order valence-corrected chi connectivity index (χ2v) is 3.95. The zero-order valence-electron chi connectivity index (χ0n) is 9.10. The molecule has 0 radical (unpaired) electrons. The number of hydrogen-bond donors (Lipinski definition) is 1. The van der Waals surface area contributed by atoms with Gasteiger partial charge in [0, 0.05) is 12.6 Å². The first-order chi connectivity index (χ1) is 7.85. The van der Waals surface area contributed by atoms with Crippen LogP contribution in [0.1, 0.15) is 12.5 Å². The quantitative estimate of drug-likeness (QED) is 0.821. The Balaban J connectivity index is 2.33. The normalized spacial score (nSPS) is 10.4. The summed E-state index contributed by atoms with van der Waals surface area (Å²) in [6.45, 7) is 2.07. The number of anilines is 1. The molecule has 5 nitrogen and oxygen atoms in total. The number of nitrogens with zero attached hydrogens (tertiary/aromatic N) is 3. The molecule has 0 fully saturated rings. The molecule has 0 amide bonds. The zero-order chi connectivity index (χ0) is 11.4. The topological polar surface area (TPSA) is 63.8 Å². The number of hydrogen-bond acceptors (Lipinski definition) is 6. The Morgan fingerprint density at radius 3 is 2.88 bits per heavy atom. The third kappa shape index (κ3) is 2.16. The van der Waals surface area contributed by atoms with Crippen molar-refractivity contribution in [1.82, 2.24) is 15.0 Å². The van der Waals surface area contributed by atoms with E-state index in [0.717, 1.165) is 22.8 Å². The molecule has 0 atom stereocenters. The Morgan fingerprint density at radius 1 is 1.38 bits per heavy atom. The minimum absolute atomic E-state index is 0.593. The van der Waals surface area contributed by atoms with Crippen LogP contribution < -0.4 is 5.32 Å². The molecule has 2 heterocycles. The molecule has 84 valence electrons. The van der Waals surface area contributed by atoms with E-state index in [2.05, 4.69) is 27.2 Å². The molecule has 0 spiro atoms. The average molecular weight is 236 g/mol. The van der Waals surface area contributed by atoms with Crippen LogP contribution in [-0.4, -0.2) is 22.0 Å². The standard InChI is InChI=1S/C10H12N4OS/c1-3-7-8(11-2)13-6-14-9(7)16-10-12-4-5-15-10/h4-6H,3H2,1-2H3,(H,11,13,14). The van der Waals surface area contributed by atoms with Crippen molar-refractivity contribution < 1.29 is 4.42 Å². The van der Waals surface area contributed by atoms with E-state index in [-0.39, 0.29) is 0 Å². The lowest BCUT2D eigenvalue weighted by Gasteiger charge is -2.08. The van der Waals surface area contributed by atoms with E-state index in [1.54, 1.807) is 12.5 Å². The van der Waals surface area contributed by atoms with Gasteiger partial charge in [0.25, 0.3) is 5.22 Å². The second-order valence-electron chi connectivity index (χ2n) is 3.01. The van der Waals surface area contributed by atoms with Crippen molar-refractivity contribution in [3.63, 3.8) is 0 Å². The Hall–Kier alpha value is -1.56. The highest BCUT2D eigenvalue weighted by Crippen LogP contribution is 2.30. The van der Waals surface area contributed by atoms with Crippen LogP contribution in [0.25, 0.3) is 0 Å². The Bertz CT molecular complexity index is 458. The molecular weight excluding hydrogens is 224 g/mol.